The molecule has 0 fully saturated rings. The van der Waals surface area contributed by atoms with Crippen molar-refractivity contribution in [2.45, 2.75) is 26.3 Å². The van der Waals surface area contributed by atoms with Crippen LogP contribution in [0.25, 0.3) is 0 Å². The summed E-state index contributed by atoms with van der Waals surface area (Å²) in [5.74, 6) is 6.88. The number of rotatable bonds is 5. The summed E-state index contributed by atoms with van der Waals surface area (Å²) in [7, 11) is 1.88. The second-order valence-corrected chi connectivity index (χ2v) is 5.83. The number of carbonyl (C=O) groups excluding carboxylic acids is 1. The lowest BCUT2D eigenvalue weighted by molar-refractivity contribution is 0.0743. The molecule has 0 aliphatic rings. The maximum Gasteiger partial charge on any atom is 0.254 e. The van der Waals surface area contributed by atoms with E-state index in [1.54, 1.807) is 11.8 Å². The first-order chi connectivity index (χ1) is 10.1. The summed E-state index contributed by atoms with van der Waals surface area (Å²) in [5.41, 5.74) is 7.93. The lowest BCUT2D eigenvalue weighted by atomic mass is 10.0. The standard InChI is InChI=1S/C17H24N2OS/c1-5-15(12-21-4)19(3)17(20)16-10-6-8-14(13(16)2)9-7-11-18/h6,8,10,15H,5,11-12,18H2,1-4H3. The quantitative estimate of drug-likeness (QED) is 0.850. The van der Waals surface area contributed by atoms with Crippen LogP contribution in [-0.2, 0) is 0 Å². The molecule has 0 saturated heterocycles. The summed E-state index contributed by atoms with van der Waals surface area (Å²) in [6, 6.07) is 5.93. The van der Waals surface area contributed by atoms with Gasteiger partial charge in [0, 0.05) is 30.0 Å². The number of benzene rings is 1. The van der Waals surface area contributed by atoms with Gasteiger partial charge in [0.05, 0.1) is 6.54 Å². The molecule has 0 heterocycles. The van der Waals surface area contributed by atoms with Gasteiger partial charge in [-0.15, -0.1) is 0 Å². The fourth-order valence-electron chi connectivity index (χ4n) is 2.20. The van der Waals surface area contributed by atoms with Gasteiger partial charge in [0.25, 0.3) is 5.91 Å². The van der Waals surface area contributed by atoms with E-state index >= 15 is 0 Å². The number of carbonyl (C=O) groups is 1. The van der Waals surface area contributed by atoms with E-state index in [0.29, 0.717) is 6.54 Å². The average Bonchev–Trinajstić information content (AvgIpc) is 2.50. The molecule has 1 unspecified atom stereocenters. The first-order valence-corrected chi connectivity index (χ1v) is 8.50. The van der Waals surface area contributed by atoms with E-state index in [9.17, 15) is 4.79 Å². The Morgan fingerprint density at radius 3 is 2.76 bits per heavy atom. The molecule has 0 radical (unpaired) electrons. The molecule has 2 N–H and O–H groups in total. The molecule has 1 rings (SSSR count). The summed E-state index contributed by atoms with van der Waals surface area (Å²) in [5, 5.41) is 0. The monoisotopic (exact) mass is 304 g/mol. The van der Waals surface area contributed by atoms with Crippen molar-refractivity contribution < 1.29 is 4.79 Å². The van der Waals surface area contributed by atoms with Crippen molar-refractivity contribution in [1.29, 1.82) is 0 Å². The molecule has 1 amide bonds. The van der Waals surface area contributed by atoms with Crippen molar-refractivity contribution in [3.05, 3.63) is 34.9 Å². The van der Waals surface area contributed by atoms with E-state index in [-0.39, 0.29) is 11.9 Å². The van der Waals surface area contributed by atoms with Gasteiger partial charge in [0.2, 0.25) is 0 Å². The van der Waals surface area contributed by atoms with Gasteiger partial charge in [-0.25, -0.2) is 0 Å². The maximum atomic E-state index is 12.7. The van der Waals surface area contributed by atoms with Gasteiger partial charge >= 0.3 is 0 Å². The third-order valence-electron chi connectivity index (χ3n) is 3.59. The van der Waals surface area contributed by atoms with Crippen molar-refractivity contribution in [3.8, 4) is 11.8 Å². The lowest BCUT2D eigenvalue weighted by Crippen LogP contribution is -2.38. The Bertz CT molecular complexity index is 545. The van der Waals surface area contributed by atoms with Gasteiger partial charge in [-0.05, 0) is 37.3 Å². The van der Waals surface area contributed by atoms with Crippen LogP contribution in [0, 0.1) is 18.8 Å². The Balaban J connectivity index is 3.07. The number of nitrogens with zero attached hydrogens (tertiary/aromatic N) is 1. The Morgan fingerprint density at radius 2 is 2.19 bits per heavy atom. The van der Waals surface area contributed by atoms with Crippen molar-refractivity contribution in [2.24, 2.45) is 5.73 Å². The lowest BCUT2D eigenvalue weighted by Gasteiger charge is -2.27. The van der Waals surface area contributed by atoms with Crippen molar-refractivity contribution in [2.75, 3.05) is 25.6 Å². The molecule has 0 aliphatic carbocycles. The molecule has 1 aromatic carbocycles. The molecule has 0 spiro atoms. The maximum absolute atomic E-state index is 12.7. The zero-order valence-corrected chi connectivity index (χ0v) is 14.1. The third-order valence-corrected chi connectivity index (χ3v) is 4.31. The molecular weight excluding hydrogens is 280 g/mol. The van der Waals surface area contributed by atoms with Crippen LogP contribution in [0.2, 0.25) is 0 Å². The van der Waals surface area contributed by atoms with E-state index < -0.39 is 0 Å². The fraction of sp³-hybridized carbons (Fsp3) is 0.471. The van der Waals surface area contributed by atoms with Gasteiger partial charge in [-0.3, -0.25) is 4.79 Å². The van der Waals surface area contributed by atoms with E-state index in [4.69, 9.17) is 5.73 Å². The minimum atomic E-state index is 0.0600. The predicted octanol–water partition coefficient (Wildman–Crippen LogP) is 2.52. The fourth-order valence-corrected chi connectivity index (χ4v) is 3.04. The first-order valence-electron chi connectivity index (χ1n) is 7.11. The van der Waals surface area contributed by atoms with Crippen LogP contribution in [0.1, 0.15) is 34.8 Å². The number of hydrogen-bond donors (Lipinski definition) is 1. The van der Waals surface area contributed by atoms with Crippen molar-refractivity contribution in [3.63, 3.8) is 0 Å². The Kier molecular flexibility index (Phi) is 7.35. The smallest absolute Gasteiger partial charge is 0.254 e. The van der Waals surface area contributed by atoms with Crippen LogP contribution < -0.4 is 5.73 Å². The molecule has 4 heteroatoms. The Morgan fingerprint density at radius 1 is 1.48 bits per heavy atom. The van der Waals surface area contributed by atoms with Gasteiger partial charge in [-0.1, -0.05) is 24.8 Å². The summed E-state index contributed by atoms with van der Waals surface area (Å²) < 4.78 is 0. The molecule has 0 aliphatic heterocycles. The van der Waals surface area contributed by atoms with E-state index in [2.05, 4.69) is 25.0 Å². The van der Waals surface area contributed by atoms with Crippen LogP contribution in [0.15, 0.2) is 18.2 Å². The van der Waals surface area contributed by atoms with Crippen LogP contribution in [0.5, 0.6) is 0 Å². The number of amides is 1. The van der Waals surface area contributed by atoms with Crippen LogP contribution >= 0.6 is 11.8 Å². The summed E-state index contributed by atoms with van der Waals surface area (Å²) in [6.07, 6.45) is 3.02. The normalized spacial score (nSPS) is 11.5. The molecule has 0 aromatic heterocycles. The average molecular weight is 304 g/mol. The summed E-state index contributed by atoms with van der Waals surface area (Å²) in [6.45, 7) is 4.38. The van der Waals surface area contributed by atoms with E-state index in [0.717, 1.165) is 28.9 Å². The summed E-state index contributed by atoms with van der Waals surface area (Å²) in [4.78, 5) is 14.6. The minimum Gasteiger partial charge on any atom is -0.338 e. The van der Waals surface area contributed by atoms with Crippen LogP contribution in [-0.4, -0.2) is 42.4 Å². The first kappa shape index (κ1) is 17.6. The molecular formula is C17H24N2OS. The predicted molar refractivity (Wildman–Crippen MR) is 91.7 cm³/mol. The molecule has 0 saturated carbocycles. The highest BCUT2D eigenvalue weighted by Crippen LogP contribution is 2.18. The van der Waals surface area contributed by atoms with Gasteiger partial charge in [0.1, 0.15) is 0 Å². The zero-order chi connectivity index (χ0) is 15.8. The SMILES string of the molecule is CCC(CSC)N(C)C(=O)c1cccc(C#CCN)c1C. The van der Waals surface area contributed by atoms with Gasteiger partial charge < -0.3 is 10.6 Å². The summed E-state index contributed by atoms with van der Waals surface area (Å²) >= 11 is 1.76. The van der Waals surface area contributed by atoms with E-state index in [1.807, 2.05) is 37.1 Å². The Hall–Kier alpha value is -1.44. The highest BCUT2D eigenvalue weighted by molar-refractivity contribution is 7.98. The zero-order valence-electron chi connectivity index (χ0n) is 13.3. The van der Waals surface area contributed by atoms with Crippen molar-refractivity contribution >= 4 is 17.7 Å². The molecule has 1 aromatic rings. The Labute approximate surface area is 132 Å². The highest BCUT2D eigenvalue weighted by atomic mass is 32.2. The van der Waals surface area contributed by atoms with Gasteiger partial charge in [-0.2, -0.15) is 11.8 Å². The second-order valence-electron chi connectivity index (χ2n) is 4.92. The number of thioether (sulfide) groups is 1. The molecule has 21 heavy (non-hydrogen) atoms. The second kappa shape index (κ2) is 8.76. The molecule has 1 atom stereocenters. The molecule has 114 valence electrons. The van der Waals surface area contributed by atoms with Crippen LogP contribution in [0.3, 0.4) is 0 Å². The molecule has 3 nitrogen and oxygen atoms in total. The van der Waals surface area contributed by atoms with Crippen molar-refractivity contribution in [1.82, 2.24) is 4.90 Å². The minimum absolute atomic E-state index is 0.0600. The van der Waals surface area contributed by atoms with Crippen LogP contribution in [0.4, 0.5) is 0 Å². The molecule has 0 bridgehead atoms. The third kappa shape index (κ3) is 4.52. The van der Waals surface area contributed by atoms with E-state index in [1.165, 1.54) is 0 Å². The number of nitrogens with two attached hydrogens (primary N) is 1. The highest BCUT2D eigenvalue weighted by Gasteiger charge is 2.21. The topological polar surface area (TPSA) is 46.3 Å². The van der Waals surface area contributed by atoms with Gasteiger partial charge in [0.15, 0.2) is 0 Å². The largest absolute Gasteiger partial charge is 0.338 e. The number of hydrogen-bond acceptors (Lipinski definition) is 3.